The molecule has 6 nitrogen and oxygen atoms in total. The number of phenolic OH excluding ortho intramolecular Hbond substituents is 1. The Morgan fingerprint density at radius 1 is 0.868 bits per heavy atom. The minimum absolute atomic E-state index is 0.116. The molecule has 3 rings (SSSR count). The Labute approximate surface area is 240 Å². The van der Waals surface area contributed by atoms with E-state index >= 15 is 0 Å². The molecule has 0 saturated carbocycles. The molecule has 0 amide bonds. The average molecular weight is 652 g/mol. The van der Waals surface area contributed by atoms with Gasteiger partial charge in [0.05, 0.1) is 25.7 Å². The van der Waals surface area contributed by atoms with Crippen molar-refractivity contribution in [2.75, 3.05) is 31.0 Å². The standard InChI is InChI=1S/C30H36Br2O6/c1-18(2)8-10-20-22(36-14-6-12-31)16-24-27(28(20)33)29(34)26-21(11-9-19(3)4)30(35-5)25(17-23(26)38-24)37-15-7-13-32/h8-9,16-17,33H,6-7,10-15H2,1-5H3. The minimum Gasteiger partial charge on any atom is -0.507 e. The number of ether oxygens (including phenoxy) is 3. The largest absolute Gasteiger partial charge is 0.507 e. The molecule has 3 aromatic rings. The van der Waals surface area contributed by atoms with Crippen LogP contribution in [0.4, 0.5) is 0 Å². The number of phenols is 1. The highest BCUT2D eigenvalue weighted by molar-refractivity contribution is 9.09. The van der Waals surface area contributed by atoms with E-state index < -0.39 is 0 Å². The van der Waals surface area contributed by atoms with Gasteiger partial charge in [-0.2, -0.15) is 0 Å². The van der Waals surface area contributed by atoms with E-state index in [0.717, 1.165) is 34.6 Å². The van der Waals surface area contributed by atoms with Gasteiger partial charge in [-0.25, -0.2) is 0 Å². The Bertz CT molecular complexity index is 1400. The van der Waals surface area contributed by atoms with Crippen LogP contribution < -0.4 is 19.6 Å². The van der Waals surface area contributed by atoms with Crippen molar-refractivity contribution in [2.45, 2.75) is 53.4 Å². The lowest BCUT2D eigenvalue weighted by atomic mass is 9.98. The van der Waals surface area contributed by atoms with E-state index in [1.54, 1.807) is 19.2 Å². The first-order chi connectivity index (χ1) is 18.2. The van der Waals surface area contributed by atoms with Gasteiger partial charge in [-0.15, -0.1) is 0 Å². The zero-order chi connectivity index (χ0) is 27.8. The van der Waals surface area contributed by atoms with Gasteiger partial charge in [0.1, 0.15) is 28.1 Å². The fraction of sp³-hybridized carbons (Fsp3) is 0.433. The summed E-state index contributed by atoms with van der Waals surface area (Å²) in [4.78, 5) is 14.1. The topological polar surface area (TPSA) is 78.1 Å². The number of alkyl halides is 2. The zero-order valence-corrected chi connectivity index (χ0v) is 25.9. The van der Waals surface area contributed by atoms with Gasteiger partial charge < -0.3 is 23.7 Å². The van der Waals surface area contributed by atoms with E-state index in [1.807, 2.05) is 39.8 Å². The smallest absolute Gasteiger partial charge is 0.204 e. The van der Waals surface area contributed by atoms with Gasteiger partial charge in [-0.05, 0) is 53.4 Å². The second kappa shape index (κ2) is 14.1. The van der Waals surface area contributed by atoms with Crippen LogP contribution in [0, 0.1) is 0 Å². The number of methoxy groups -OCH3 is 1. The molecule has 0 aliphatic heterocycles. The lowest BCUT2D eigenvalue weighted by molar-refractivity contribution is 0.294. The van der Waals surface area contributed by atoms with Crippen molar-refractivity contribution in [2.24, 2.45) is 0 Å². The van der Waals surface area contributed by atoms with Crippen molar-refractivity contribution in [3.8, 4) is 23.0 Å². The average Bonchev–Trinajstić information content (AvgIpc) is 2.86. The highest BCUT2D eigenvalue weighted by Crippen LogP contribution is 2.41. The molecule has 1 N–H and O–H groups in total. The van der Waals surface area contributed by atoms with E-state index in [-0.39, 0.29) is 22.1 Å². The molecule has 0 unspecified atom stereocenters. The summed E-state index contributed by atoms with van der Waals surface area (Å²) >= 11 is 6.85. The molecule has 0 aliphatic rings. The molecule has 0 radical (unpaired) electrons. The maximum Gasteiger partial charge on any atom is 0.204 e. The molecule has 0 saturated heterocycles. The summed E-state index contributed by atoms with van der Waals surface area (Å²) in [6.45, 7) is 8.93. The van der Waals surface area contributed by atoms with Crippen LogP contribution in [0.25, 0.3) is 21.9 Å². The first-order valence-electron chi connectivity index (χ1n) is 12.7. The summed E-state index contributed by atoms with van der Waals surface area (Å²) in [5.41, 5.74) is 3.75. The molecule has 206 valence electrons. The number of hydrogen-bond acceptors (Lipinski definition) is 6. The van der Waals surface area contributed by atoms with Crippen molar-refractivity contribution in [1.29, 1.82) is 0 Å². The van der Waals surface area contributed by atoms with Gasteiger partial charge in [0, 0.05) is 33.9 Å². The molecule has 0 spiro atoms. The molecule has 0 aliphatic carbocycles. The Morgan fingerprint density at radius 2 is 1.39 bits per heavy atom. The zero-order valence-electron chi connectivity index (χ0n) is 22.7. The predicted octanol–water partition coefficient (Wildman–Crippen LogP) is 8.01. The summed E-state index contributed by atoms with van der Waals surface area (Å²) in [6.07, 6.45) is 6.52. The van der Waals surface area contributed by atoms with Crippen LogP contribution in [0.3, 0.4) is 0 Å². The second-order valence-electron chi connectivity index (χ2n) is 9.52. The molecular weight excluding hydrogens is 616 g/mol. The lowest BCUT2D eigenvalue weighted by Crippen LogP contribution is -2.10. The molecule has 8 heteroatoms. The fourth-order valence-electron chi connectivity index (χ4n) is 4.14. The molecule has 0 fully saturated rings. The van der Waals surface area contributed by atoms with Gasteiger partial charge in [0.25, 0.3) is 0 Å². The minimum atomic E-state index is -0.313. The number of halogens is 2. The van der Waals surface area contributed by atoms with Crippen molar-refractivity contribution < 1.29 is 23.7 Å². The van der Waals surface area contributed by atoms with Crippen LogP contribution >= 0.6 is 31.9 Å². The van der Waals surface area contributed by atoms with Crippen LogP contribution in [-0.2, 0) is 12.8 Å². The Morgan fingerprint density at radius 3 is 1.95 bits per heavy atom. The van der Waals surface area contributed by atoms with E-state index in [4.69, 9.17) is 18.6 Å². The van der Waals surface area contributed by atoms with Crippen molar-refractivity contribution in [3.63, 3.8) is 0 Å². The maximum absolute atomic E-state index is 14.1. The van der Waals surface area contributed by atoms with Crippen LogP contribution in [-0.4, -0.2) is 36.1 Å². The Hall–Kier alpha value is -2.45. The molecule has 0 bridgehead atoms. The van der Waals surface area contributed by atoms with Crippen molar-refractivity contribution in [1.82, 2.24) is 0 Å². The molecular formula is C30H36Br2O6. The summed E-state index contributed by atoms with van der Waals surface area (Å²) in [6, 6.07) is 3.42. The summed E-state index contributed by atoms with van der Waals surface area (Å²) < 4.78 is 24.1. The van der Waals surface area contributed by atoms with Gasteiger partial charge in [-0.1, -0.05) is 55.2 Å². The first kappa shape index (κ1) is 30.1. The van der Waals surface area contributed by atoms with Gasteiger partial charge in [0.15, 0.2) is 11.5 Å². The number of allylic oxidation sites excluding steroid dienone is 4. The van der Waals surface area contributed by atoms with E-state index in [9.17, 15) is 9.90 Å². The van der Waals surface area contributed by atoms with Gasteiger partial charge in [0.2, 0.25) is 5.43 Å². The van der Waals surface area contributed by atoms with Crippen LogP contribution in [0.2, 0.25) is 0 Å². The Balaban J connectivity index is 2.38. The highest BCUT2D eigenvalue weighted by Gasteiger charge is 2.24. The summed E-state index contributed by atoms with van der Waals surface area (Å²) in [5, 5.41) is 13.5. The number of aromatic hydroxyl groups is 1. The summed E-state index contributed by atoms with van der Waals surface area (Å²) in [7, 11) is 1.57. The molecule has 2 aromatic carbocycles. The number of rotatable bonds is 13. The molecule has 1 aromatic heterocycles. The second-order valence-corrected chi connectivity index (χ2v) is 11.1. The molecule has 1 heterocycles. The van der Waals surface area contributed by atoms with Crippen molar-refractivity contribution >= 4 is 53.8 Å². The lowest BCUT2D eigenvalue weighted by Gasteiger charge is -2.18. The maximum atomic E-state index is 14.1. The van der Waals surface area contributed by atoms with Crippen LogP contribution in [0.15, 0.2) is 44.6 Å². The third kappa shape index (κ3) is 6.94. The van der Waals surface area contributed by atoms with E-state index in [0.29, 0.717) is 65.4 Å². The van der Waals surface area contributed by atoms with Crippen LogP contribution in [0.5, 0.6) is 23.0 Å². The molecule has 0 atom stereocenters. The van der Waals surface area contributed by atoms with E-state index in [2.05, 4.69) is 31.9 Å². The fourth-order valence-corrected chi connectivity index (χ4v) is 4.60. The highest BCUT2D eigenvalue weighted by atomic mass is 79.9. The van der Waals surface area contributed by atoms with Crippen LogP contribution in [0.1, 0.15) is 51.7 Å². The molecule has 38 heavy (non-hydrogen) atoms. The Kier molecular flexibility index (Phi) is 11.2. The number of benzene rings is 2. The monoisotopic (exact) mass is 650 g/mol. The predicted molar refractivity (Wildman–Crippen MR) is 162 cm³/mol. The quantitative estimate of drug-likeness (QED) is 0.0873. The van der Waals surface area contributed by atoms with E-state index in [1.165, 1.54) is 0 Å². The third-order valence-corrected chi connectivity index (χ3v) is 7.14. The van der Waals surface area contributed by atoms with Gasteiger partial charge in [-0.3, -0.25) is 4.79 Å². The number of hydrogen-bond donors (Lipinski definition) is 1. The third-order valence-electron chi connectivity index (χ3n) is 6.02. The number of fused-ring (bicyclic) bond motifs is 2. The summed E-state index contributed by atoms with van der Waals surface area (Å²) in [5.74, 6) is 1.39. The SMILES string of the molecule is COc1c(OCCCBr)cc2oc3cc(OCCCBr)c(CC=C(C)C)c(O)c3c(=O)c2c1CC=C(C)C. The van der Waals surface area contributed by atoms with Gasteiger partial charge >= 0.3 is 0 Å². The van der Waals surface area contributed by atoms with Crippen molar-refractivity contribution in [3.05, 3.63) is 56.8 Å². The normalized spacial score (nSPS) is 11.0. The first-order valence-corrected chi connectivity index (χ1v) is 15.0.